The van der Waals surface area contributed by atoms with Gasteiger partial charge in [0, 0.05) is 49.8 Å². The maximum atomic E-state index is 12.8. The van der Waals surface area contributed by atoms with Gasteiger partial charge in [-0.25, -0.2) is 14.8 Å². The smallest absolute Gasteiger partial charge is 0.321 e. The van der Waals surface area contributed by atoms with Crippen molar-refractivity contribution in [1.29, 1.82) is 0 Å². The number of aromatic nitrogens is 2. The molecule has 7 heteroatoms. The maximum absolute atomic E-state index is 12.8. The molecule has 0 bridgehead atoms. The lowest BCUT2D eigenvalue weighted by Gasteiger charge is -2.34. The molecule has 4 rings (SSSR count). The third kappa shape index (κ3) is 4.46. The van der Waals surface area contributed by atoms with Crippen LogP contribution in [-0.2, 0) is 0 Å². The molecule has 1 fully saturated rings. The number of carbonyl (C=O) groups excluding carboxylic acids is 2. The van der Waals surface area contributed by atoms with Gasteiger partial charge in [-0.05, 0) is 24.6 Å². The summed E-state index contributed by atoms with van der Waals surface area (Å²) in [6, 6.07) is 17.2. The number of nitrogens with one attached hydrogen (secondary N) is 1. The molecular weight excluding hydrogens is 378 g/mol. The highest BCUT2D eigenvalue weighted by atomic mass is 16.2. The minimum Gasteiger partial charge on any atom is -0.335 e. The van der Waals surface area contributed by atoms with Crippen molar-refractivity contribution in [2.24, 2.45) is 0 Å². The van der Waals surface area contributed by atoms with Crippen LogP contribution in [0.5, 0.6) is 0 Å². The molecule has 1 saturated heterocycles. The number of carbonyl (C=O) groups is 2. The summed E-state index contributed by atoms with van der Waals surface area (Å²) in [7, 11) is 0. The van der Waals surface area contributed by atoms with Crippen molar-refractivity contribution in [3.8, 4) is 11.4 Å². The zero-order valence-corrected chi connectivity index (χ0v) is 16.8. The first-order valence-corrected chi connectivity index (χ1v) is 9.89. The van der Waals surface area contributed by atoms with Gasteiger partial charge >= 0.3 is 6.03 Å². The largest absolute Gasteiger partial charge is 0.335 e. The van der Waals surface area contributed by atoms with E-state index in [2.05, 4.69) is 15.3 Å². The fourth-order valence-electron chi connectivity index (χ4n) is 3.40. The van der Waals surface area contributed by atoms with Gasteiger partial charge in [-0.15, -0.1) is 0 Å². The van der Waals surface area contributed by atoms with Gasteiger partial charge in [0.15, 0.2) is 5.82 Å². The van der Waals surface area contributed by atoms with E-state index in [4.69, 9.17) is 0 Å². The van der Waals surface area contributed by atoms with Crippen molar-refractivity contribution in [3.63, 3.8) is 0 Å². The lowest BCUT2D eigenvalue weighted by molar-refractivity contribution is 0.0671. The average molecular weight is 401 g/mol. The van der Waals surface area contributed by atoms with Crippen LogP contribution in [0.1, 0.15) is 15.9 Å². The first-order chi connectivity index (χ1) is 14.6. The summed E-state index contributed by atoms with van der Waals surface area (Å²) in [6.07, 6.45) is 3.13. The Kier molecular flexibility index (Phi) is 5.70. The van der Waals surface area contributed by atoms with Gasteiger partial charge in [-0.2, -0.15) is 0 Å². The van der Waals surface area contributed by atoms with Gasteiger partial charge in [0.25, 0.3) is 5.91 Å². The molecule has 0 spiro atoms. The van der Waals surface area contributed by atoms with E-state index >= 15 is 0 Å². The number of rotatable bonds is 3. The van der Waals surface area contributed by atoms with Crippen LogP contribution in [0.3, 0.4) is 0 Å². The van der Waals surface area contributed by atoms with E-state index in [-0.39, 0.29) is 11.9 Å². The molecule has 0 atom stereocenters. The summed E-state index contributed by atoms with van der Waals surface area (Å²) in [5, 5.41) is 2.91. The molecule has 3 amide bonds. The van der Waals surface area contributed by atoms with Crippen molar-refractivity contribution in [2.45, 2.75) is 6.92 Å². The third-order valence-electron chi connectivity index (χ3n) is 5.05. The Morgan fingerprint density at radius 2 is 1.53 bits per heavy atom. The van der Waals surface area contributed by atoms with E-state index in [9.17, 15) is 9.59 Å². The SMILES string of the molecule is Cc1cccc(NC(=O)N2CCN(C(=O)c3cnc(-c4ccccc4)nc3)CC2)c1. The first-order valence-electron chi connectivity index (χ1n) is 9.89. The number of urea groups is 1. The Balaban J connectivity index is 1.33. The van der Waals surface area contributed by atoms with Crippen LogP contribution in [0, 0.1) is 6.92 Å². The van der Waals surface area contributed by atoms with Crippen molar-refractivity contribution in [1.82, 2.24) is 19.8 Å². The number of amides is 3. The van der Waals surface area contributed by atoms with Crippen LogP contribution in [0.25, 0.3) is 11.4 Å². The number of nitrogens with zero attached hydrogens (tertiary/aromatic N) is 4. The van der Waals surface area contributed by atoms with Crippen molar-refractivity contribution < 1.29 is 9.59 Å². The van der Waals surface area contributed by atoms with Gasteiger partial charge in [0.1, 0.15) is 0 Å². The second-order valence-electron chi connectivity index (χ2n) is 7.24. The van der Waals surface area contributed by atoms with Gasteiger partial charge in [-0.1, -0.05) is 42.5 Å². The molecule has 1 N–H and O–H groups in total. The fraction of sp³-hybridized carbons (Fsp3) is 0.217. The van der Waals surface area contributed by atoms with Crippen molar-refractivity contribution >= 4 is 17.6 Å². The molecule has 1 aliphatic rings. The van der Waals surface area contributed by atoms with E-state index in [0.717, 1.165) is 16.8 Å². The molecule has 0 radical (unpaired) electrons. The lowest BCUT2D eigenvalue weighted by atomic mass is 10.2. The minimum absolute atomic E-state index is 0.117. The van der Waals surface area contributed by atoms with Crippen molar-refractivity contribution in [2.75, 3.05) is 31.5 Å². The highest BCUT2D eigenvalue weighted by Gasteiger charge is 2.25. The number of hydrogen-bond acceptors (Lipinski definition) is 4. The molecule has 0 unspecified atom stereocenters. The van der Waals surface area contributed by atoms with E-state index < -0.39 is 0 Å². The quantitative estimate of drug-likeness (QED) is 0.729. The molecule has 7 nitrogen and oxygen atoms in total. The molecular formula is C23H23N5O2. The van der Waals surface area contributed by atoms with E-state index in [1.165, 1.54) is 0 Å². The second-order valence-corrected chi connectivity index (χ2v) is 7.24. The van der Waals surface area contributed by atoms with Gasteiger partial charge in [0.2, 0.25) is 0 Å². The third-order valence-corrected chi connectivity index (χ3v) is 5.05. The van der Waals surface area contributed by atoms with Crippen LogP contribution in [0.4, 0.5) is 10.5 Å². The van der Waals surface area contributed by atoms with E-state index in [0.29, 0.717) is 37.6 Å². The Hall–Kier alpha value is -3.74. The van der Waals surface area contributed by atoms with Gasteiger partial charge in [0.05, 0.1) is 5.56 Å². The molecule has 0 saturated carbocycles. The molecule has 30 heavy (non-hydrogen) atoms. The van der Waals surface area contributed by atoms with Gasteiger partial charge < -0.3 is 15.1 Å². The average Bonchev–Trinajstić information content (AvgIpc) is 2.79. The summed E-state index contributed by atoms with van der Waals surface area (Å²) in [4.78, 5) is 37.4. The number of anilines is 1. The van der Waals surface area contributed by atoms with Crippen LogP contribution >= 0.6 is 0 Å². The predicted molar refractivity (Wildman–Crippen MR) is 115 cm³/mol. The summed E-state index contributed by atoms with van der Waals surface area (Å²) in [6.45, 7) is 3.88. The predicted octanol–water partition coefficient (Wildman–Crippen LogP) is 3.44. The summed E-state index contributed by atoms with van der Waals surface area (Å²) in [5.74, 6) is 0.471. The minimum atomic E-state index is -0.150. The normalized spacial score (nSPS) is 13.8. The highest BCUT2D eigenvalue weighted by Crippen LogP contribution is 2.15. The Labute approximate surface area is 175 Å². The highest BCUT2D eigenvalue weighted by molar-refractivity contribution is 5.94. The molecule has 1 aliphatic heterocycles. The van der Waals surface area contributed by atoms with E-state index in [1.54, 1.807) is 22.2 Å². The number of piperazine rings is 1. The molecule has 1 aromatic heterocycles. The fourth-order valence-corrected chi connectivity index (χ4v) is 3.40. The Morgan fingerprint density at radius 3 is 2.20 bits per heavy atom. The van der Waals surface area contributed by atoms with Crippen LogP contribution in [0.2, 0.25) is 0 Å². The standard InChI is InChI=1S/C23H23N5O2/c1-17-6-5-9-20(14-17)26-23(30)28-12-10-27(11-13-28)22(29)19-15-24-21(25-16-19)18-7-3-2-4-8-18/h2-9,14-16H,10-13H2,1H3,(H,26,30). The van der Waals surface area contributed by atoms with Crippen LogP contribution < -0.4 is 5.32 Å². The monoisotopic (exact) mass is 401 g/mol. The molecule has 3 aromatic rings. The van der Waals surface area contributed by atoms with Crippen LogP contribution in [0.15, 0.2) is 67.0 Å². The Morgan fingerprint density at radius 1 is 0.867 bits per heavy atom. The summed E-state index contributed by atoms with van der Waals surface area (Å²) < 4.78 is 0. The first kappa shape index (κ1) is 19.6. The van der Waals surface area contributed by atoms with Crippen LogP contribution in [-0.4, -0.2) is 57.9 Å². The van der Waals surface area contributed by atoms with Crippen molar-refractivity contribution in [3.05, 3.63) is 78.1 Å². The Bertz CT molecular complexity index is 1030. The molecule has 2 aromatic carbocycles. The lowest BCUT2D eigenvalue weighted by Crippen LogP contribution is -2.51. The zero-order valence-electron chi connectivity index (χ0n) is 16.8. The summed E-state index contributed by atoms with van der Waals surface area (Å²) >= 11 is 0. The second kappa shape index (κ2) is 8.73. The molecule has 152 valence electrons. The zero-order chi connectivity index (χ0) is 20.9. The molecule has 0 aliphatic carbocycles. The summed E-state index contributed by atoms with van der Waals surface area (Å²) in [5.41, 5.74) is 3.22. The topological polar surface area (TPSA) is 78.4 Å². The number of aryl methyl sites for hydroxylation is 1. The number of hydrogen-bond donors (Lipinski definition) is 1. The number of benzene rings is 2. The van der Waals surface area contributed by atoms with Gasteiger partial charge in [-0.3, -0.25) is 4.79 Å². The molecule has 2 heterocycles. The van der Waals surface area contributed by atoms with E-state index in [1.807, 2.05) is 61.5 Å². The maximum Gasteiger partial charge on any atom is 0.321 e.